The van der Waals surface area contributed by atoms with Gasteiger partial charge in [-0.05, 0) is 76.2 Å². The van der Waals surface area contributed by atoms with Gasteiger partial charge >= 0.3 is 0 Å². The molecule has 0 saturated carbocycles. The molecule has 0 N–H and O–H groups in total. The van der Waals surface area contributed by atoms with E-state index >= 15 is 0 Å². The molecule has 0 bridgehead atoms. The first-order valence-electron chi connectivity index (χ1n) is 12.6. The smallest absolute Gasteiger partial charge is 0.160 e. The second-order valence-corrected chi connectivity index (χ2v) is 11.4. The van der Waals surface area contributed by atoms with Crippen LogP contribution in [0.5, 0.6) is 0 Å². The van der Waals surface area contributed by atoms with Crippen LogP contribution in [0, 0.1) is 19.8 Å². The van der Waals surface area contributed by atoms with Crippen LogP contribution in [0.1, 0.15) is 60.6 Å². The summed E-state index contributed by atoms with van der Waals surface area (Å²) in [5.41, 5.74) is 2.24. The van der Waals surface area contributed by atoms with Crippen molar-refractivity contribution in [1.29, 1.82) is 0 Å². The Morgan fingerprint density at radius 2 is 1.88 bits per heavy atom. The van der Waals surface area contributed by atoms with E-state index in [9.17, 15) is 0 Å². The van der Waals surface area contributed by atoms with Crippen LogP contribution in [0.15, 0.2) is 24.4 Å². The van der Waals surface area contributed by atoms with Gasteiger partial charge in [-0.15, -0.1) is 21.5 Å². The molecule has 2 fully saturated rings. The molecule has 0 spiro atoms. The van der Waals surface area contributed by atoms with E-state index in [1.807, 2.05) is 23.5 Å². The van der Waals surface area contributed by atoms with Crippen LogP contribution in [-0.2, 0) is 6.54 Å². The normalized spacial score (nSPS) is 20.6. The minimum absolute atomic E-state index is 0.336. The average molecular weight is 476 g/mol. The summed E-state index contributed by atoms with van der Waals surface area (Å²) in [6.45, 7) is 11.9. The largest absolute Gasteiger partial charge is 0.355 e. The molecule has 2 saturated heterocycles. The van der Waals surface area contributed by atoms with E-state index in [1.165, 1.54) is 28.7 Å². The second-order valence-electron chi connectivity index (χ2n) is 10.2. The van der Waals surface area contributed by atoms with Gasteiger partial charge in [-0.25, -0.2) is 9.97 Å². The van der Waals surface area contributed by atoms with Gasteiger partial charge in [0.15, 0.2) is 5.65 Å². The number of nitrogens with zero attached hydrogens (tertiary/aromatic N) is 7. The van der Waals surface area contributed by atoms with E-state index in [4.69, 9.17) is 9.97 Å². The number of piperidine rings is 2. The van der Waals surface area contributed by atoms with Crippen molar-refractivity contribution in [2.24, 2.45) is 5.92 Å². The van der Waals surface area contributed by atoms with Crippen molar-refractivity contribution < 1.29 is 0 Å². The van der Waals surface area contributed by atoms with E-state index in [2.05, 4.69) is 57.4 Å². The minimum Gasteiger partial charge on any atom is -0.355 e. The first-order chi connectivity index (χ1) is 16.6. The van der Waals surface area contributed by atoms with E-state index in [0.717, 1.165) is 79.4 Å². The number of hydrogen-bond acceptors (Lipinski definition) is 7. The predicted molar refractivity (Wildman–Crippen MR) is 138 cm³/mol. The average Bonchev–Trinajstić information content (AvgIpc) is 3.41. The maximum absolute atomic E-state index is 5.23. The molecule has 0 aromatic carbocycles. The van der Waals surface area contributed by atoms with Crippen molar-refractivity contribution in [2.45, 2.75) is 58.9 Å². The number of likely N-dealkylation sites (tertiary alicyclic amines) is 1. The third-order valence-corrected chi connectivity index (χ3v) is 8.82. The monoisotopic (exact) mass is 475 g/mol. The van der Waals surface area contributed by atoms with Crippen LogP contribution in [-0.4, -0.2) is 55.6 Å². The lowest BCUT2D eigenvalue weighted by atomic mass is 9.97. The van der Waals surface area contributed by atoms with Gasteiger partial charge in [0.1, 0.15) is 22.3 Å². The van der Waals surface area contributed by atoms with Crippen molar-refractivity contribution in [3.63, 3.8) is 0 Å². The van der Waals surface area contributed by atoms with Crippen molar-refractivity contribution in [1.82, 2.24) is 29.5 Å². The van der Waals surface area contributed by atoms with Gasteiger partial charge in [0.25, 0.3) is 0 Å². The molecule has 1 unspecified atom stereocenters. The number of aromatic nitrogens is 5. The summed E-state index contributed by atoms with van der Waals surface area (Å²) in [5, 5.41) is 10.2. The lowest BCUT2D eigenvalue weighted by molar-refractivity contribution is 0.181. The molecule has 0 aliphatic carbocycles. The zero-order valence-electron chi connectivity index (χ0n) is 20.4. The molecule has 2 aliphatic heterocycles. The fourth-order valence-corrected chi connectivity index (χ4v) is 6.55. The Hall–Kier alpha value is -2.58. The van der Waals surface area contributed by atoms with Gasteiger partial charge in [-0.1, -0.05) is 13.0 Å². The quantitative estimate of drug-likeness (QED) is 0.415. The molecule has 1 atom stereocenters. The van der Waals surface area contributed by atoms with Crippen LogP contribution < -0.4 is 4.90 Å². The Morgan fingerprint density at radius 3 is 2.74 bits per heavy atom. The molecule has 8 heteroatoms. The van der Waals surface area contributed by atoms with Crippen molar-refractivity contribution >= 4 is 33.0 Å². The molecule has 6 heterocycles. The number of aryl methyl sites for hydroxylation is 2. The first-order valence-corrected chi connectivity index (χ1v) is 13.4. The number of fused-ring (bicyclic) bond motifs is 2. The van der Waals surface area contributed by atoms with Gasteiger partial charge in [0.2, 0.25) is 0 Å². The van der Waals surface area contributed by atoms with Gasteiger partial charge in [0, 0.05) is 30.1 Å². The van der Waals surface area contributed by atoms with E-state index < -0.39 is 0 Å². The SMILES string of the molecule is Cc1sc2nc(CN3CCC(C)CC3)nc(N3CCCC(c4nnc5ccccn45)C3)c2c1C. The summed E-state index contributed by atoms with van der Waals surface area (Å²) in [6.07, 6.45) is 6.87. The molecule has 178 valence electrons. The molecule has 6 rings (SSSR count). The fourth-order valence-electron chi connectivity index (χ4n) is 5.51. The molecule has 0 amide bonds. The molecule has 0 radical (unpaired) electrons. The van der Waals surface area contributed by atoms with E-state index in [-0.39, 0.29) is 0 Å². The van der Waals surface area contributed by atoms with E-state index in [1.54, 1.807) is 0 Å². The highest BCUT2D eigenvalue weighted by Gasteiger charge is 2.29. The van der Waals surface area contributed by atoms with Gasteiger partial charge in [-0.2, -0.15) is 0 Å². The third kappa shape index (κ3) is 3.96. The van der Waals surface area contributed by atoms with Gasteiger partial charge in [0.05, 0.1) is 11.9 Å². The van der Waals surface area contributed by atoms with Gasteiger partial charge < -0.3 is 4.90 Å². The summed E-state index contributed by atoms with van der Waals surface area (Å²) in [5.74, 6) is 4.31. The molecule has 34 heavy (non-hydrogen) atoms. The van der Waals surface area contributed by atoms with Crippen LogP contribution in [0.4, 0.5) is 5.82 Å². The lowest BCUT2D eigenvalue weighted by Gasteiger charge is -2.34. The maximum Gasteiger partial charge on any atom is 0.160 e. The highest BCUT2D eigenvalue weighted by Crippen LogP contribution is 2.38. The molecular formula is C26H33N7S. The highest BCUT2D eigenvalue weighted by molar-refractivity contribution is 7.18. The number of rotatable bonds is 4. The summed E-state index contributed by atoms with van der Waals surface area (Å²) >= 11 is 1.81. The van der Waals surface area contributed by atoms with Crippen molar-refractivity contribution in [2.75, 3.05) is 31.1 Å². The van der Waals surface area contributed by atoms with Crippen LogP contribution in [0.25, 0.3) is 15.9 Å². The second kappa shape index (κ2) is 8.89. The van der Waals surface area contributed by atoms with Crippen LogP contribution >= 0.6 is 11.3 Å². The highest BCUT2D eigenvalue weighted by atomic mass is 32.1. The summed E-state index contributed by atoms with van der Waals surface area (Å²) in [7, 11) is 0. The lowest BCUT2D eigenvalue weighted by Crippen LogP contribution is -2.36. The van der Waals surface area contributed by atoms with Crippen molar-refractivity contribution in [3.8, 4) is 0 Å². The molecular weight excluding hydrogens is 442 g/mol. The molecule has 7 nitrogen and oxygen atoms in total. The Morgan fingerprint density at radius 1 is 1.03 bits per heavy atom. The summed E-state index contributed by atoms with van der Waals surface area (Å²) in [4.78, 5) is 17.8. The van der Waals surface area contributed by atoms with Gasteiger partial charge in [-0.3, -0.25) is 9.30 Å². The minimum atomic E-state index is 0.336. The fraction of sp³-hybridized carbons (Fsp3) is 0.538. The zero-order chi connectivity index (χ0) is 23.2. The third-order valence-electron chi connectivity index (χ3n) is 7.72. The Kier molecular flexibility index (Phi) is 5.73. The topological polar surface area (TPSA) is 62.5 Å². The predicted octanol–water partition coefficient (Wildman–Crippen LogP) is 4.97. The number of pyridine rings is 1. The molecule has 4 aromatic heterocycles. The Balaban J connectivity index is 1.34. The van der Waals surface area contributed by atoms with E-state index in [0.29, 0.717) is 5.92 Å². The van der Waals surface area contributed by atoms with Crippen LogP contribution in [0.3, 0.4) is 0 Å². The summed E-state index contributed by atoms with van der Waals surface area (Å²) in [6, 6.07) is 6.10. The summed E-state index contributed by atoms with van der Waals surface area (Å²) < 4.78 is 2.15. The van der Waals surface area contributed by atoms with Crippen molar-refractivity contribution in [3.05, 3.63) is 46.5 Å². The Bertz CT molecular complexity index is 1320. The van der Waals surface area contributed by atoms with Crippen LogP contribution in [0.2, 0.25) is 0 Å². The Labute approximate surface area is 204 Å². The number of thiophene rings is 1. The molecule has 2 aliphatic rings. The zero-order valence-corrected chi connectivity index (χ0v) is 21.2. The number of hydrogen-bond donors (Lipinski definition) is 0. The standard InChI is InChI=1S/C26H33N7S/c1-17-9-13-31(14-10-17)16-21-27-25(23-18(2)19(3)34-26(23)28-21)32-11-6-7-20(15-32)24-30-29-22-8-4-5-12-33(22)24/h4-5,8,12,17,20H,6-7,9-11,13-16H2,1-3H3. The maximum atomic E-state index is 5.23. The molecule has 4 aromatic rings. The number of anilines is 1. The first kappa shape index (κ1) is 21.9.